The standard InChI is InChI=1S/C14H11N5O4S2/c20-13(9-3-1-6-12(7-9)25(21,22)23)15-10-4-2-5-11(8-10)19-14(24)16-17-18-19/h1-8H,(H,15,20)(H,16,18,24)(H,21,22,23)/p-1. The molecule has 9 nitrogen and oxygen atoms in total. The van der Waals surface area contributed by atoms with Gasteiger partial charge in [0.25, 0.3) is 5.91 Å². The minimum absolute atomic E-state index is 0.0437. The number of carbonyl (C=O) groups is 1. The fourth-order valence-corrected chi connectivity index (χ4v) is 2.79. The third-order valence-electron chi connectivity index (χ3n) is 3.22. The Bertz CT molecular complexity index is 1100. The zero-order valence-electron chi connectivity index (χ0n) is 12.4. The Balaban J connectivity index is 1.87. The summed E-state index contributed by atoms with van der Waals surface area (Å²) in [4.78, 5) is 11.8. The molecule has 0 spiro atoms. The van der Waals surface area contributed by atoms with Gasteiger partial charge in [-0.1, -0.05) is 22.4 Å². The van der Waals surface area contributed by atoms with Gasteiger partial charge in [0.15, 0.2) is 0 Å². The van der Waals surface area contributed by atoms with E-state index >= 15 is 0 Å². The van der Waals surface area contributed by atoms with Gasteiger partial charge >= 0.3 is 0 Å². The second-order valence-corrected chi connectivity index (χ2v) is 6.65. The lowest BCUT2D eigenvalue weighted by molar-refractivity contribution is 0.102. The van der Waals surface area contributed by atoms with Gasteiger partial charge in [0.2, 0.25) is 4.77 Å². The van der Waals surface area contributed by atoms with E-state index in [1.165, 1.54) is 16.8 Å². The molecule has 2 aromatic carbocycles. The van der Waals surface area contributed by atoms with Crippen LogP contribution in [0.2, 0.25) is 0 Å². The first-order valence-electron chi connectivity index (χ1n) is 6.82. The minimum Gasteiger partial charge on any atom is -0.744 e. The van der Waals surface area contributed by atoms with Gasteiger partial charge in [0.05, 0.1) is 10.6 Å². The molecule has 0 unspecified atom stereocenters. The highest BCUT2D eigenvalue weighted by atomic mass is 32.2. The molecular weight excluding hydrogens is 366 g/mol. The van der Waals surface area contributed by atoms with Crippen LogP contribution in [0, 0.1) is 4.77 Å². The second-order valence-electron chi connectivity index (χ2n) is 4.90. The molecule has 1 heterocycles. The number of hydrogen-bond donors (Lipinski definition) is 2. The van der Waals surface area contributed by atoms with Gasteiger partial charge in [-0.3, -0.25) is 4.79 Å². The summed E-state index contributed by atoms with van der Waals surface area (Å²) < 4.78 is 34.8. The average molecular weight is 376 g/mol. The Morgan fingerprint density at radius 3 is 2.64 bits per heavy atom. The first-order chi connectivity index (χ1) is 11.8. The minimum atomic E-state index is -4.64. The summed E-state index contributed by atoms with van der Waals surface area (Å²) >= 11 is 5.01. The number of nitrogens with zero attached hydrogens (tertiary/aromatic N) is 3. The molecule has 0 saturated carbocycles. The number of tetrazole rings is 1. The number of anilines is 1. The molecule has 2 N–H and O–H groups in total. The fraction of sp³-hybridized carbons (Fsp3) is 0. The van der Waals surface area contributed by atoms with E-state index in [-0.39, 0.29) is 10.3 Å². The van der Waals surface area contributed by atoms with Gasteiger partial charge in [-0.25, -0.2) is 13.1 Å². The van der Waals surface area contributed by atoms with E-state index in [2.05, 4.69) is 20.8 Å². The Labute approximate surface area is 147 Å². The molecule has 0 aliphatic rings. The summed E-state index contributed by atoms with van der Waals surface area (Å²) in [5.74, 6) is -0.561. The van der Waals surface area contributed by atoms with Crippen molar-refractivity contribution in [1.82, 2.24) is 20.2 Å². The van der Waals surface area contributed by atoms with Crippen molar-refractivity contribution in [1.29, 1.82) is 0 Å². The predicted molar refractivity (Wildman–Crippen MR) is 88.9 cm³/mol. The summed E-state index contributed by atoms with van der Waals surface area (Å²) in [6.45, 7) is 0. The average Bonchev–Trinajstić information content (AvgIpc) is 3.00. The van der Waals surface area contributed by atoms with Crippen molar-refractivity contribution in [3.05, 3.63) is 58.9 Å². The predicted octanol–water partition coefficient (Wildman–Crippen LogP) is 1.48. The van der Waals surface area contributed by atoms with Gasteiger partial charge in [-0.2, -0.15) is 5.21 Å². The zero-order valence-corrected chi connectivity index (χ0v) is 14.0. The normalized spacial score (nSPS) is 11.2. The first kappa shape index (κ1) is 17.0. The maximum absolute atomic E-state index is 12.3. The Kier molecular flexibility index (Phi) is 4.44. The number of nitrogens with one attached hydrogen (secondary N) is 2. The molecule has 3 aromatic rings. The second kappa shape index (κ2) is 6.55. The third kappa shape index (κ3) is 3.79. The van der Waals surface area contributed by atoms with E-state index in [4.69, 9.17) is 12.2 Å². The van der Waals surface area contributed by atoms with E-state index in [9.17, 15) is 17.8 Å². The van der Waals surface area contributed by atoms with Crippen LogP contribution >= 0.6 is 12.2 Å². The van der Waals surface area contributed by atoms with Crippen molar-refractivity contribution >= 4 is 33.9 Å². The summed E-state index contributed by atoms with van der Waals surface area (Å²) in [5.41, 5.74) is 1.08. The number of aromatic amines is 1. The highest BCUT2D eigenvalue weighted by Crippen LogP contribution is 2.16. The molecule has 0 bridgehead atoms. The van der Waals surface area contributed by atoms with Gasteiger partial charge in [-0.15, -0.1) is 0 Å². The summed E-state index contributed by atoms with van der Waals surface area (Å²) in [7, 11) is -4.64. The summed E-state index contributed by atoms with van der Waals surface area (Å²) in [6.07, 6.45) is 0. The van der Waals surface area contributed by atoms with Crippen LogP contribution in [0.15, 0.2) is 53.4 Å². The number of benzene rings is 2. The number of hydrogen-bond acceptors (Lipinski definition) is 7. The quantitative estimate of drug-likeness (QED) is 0.520. The van der Waals surface area contributed by atoms with Crippen molar-refractivity contribution in [3.63, 3.8) is 0 Å². The lowest BCUT2D eigenvalue weighted by Gasteiger charge is -2.10. The topological polar surface area (TPSA) is 133 Å². The molecule has 0 aliphatic carbocycles. The number of H-pyrrole nitrogens is 1. The molecule has 0 fully saturated rings. The molecule has 0 aliphatic heterocycles. The largest absolute Gasteiger partial charge is 0.744 e. The van der Waals surface area contributed by atoms with Crippen molar-refractivity contribution in [2.24, 2.45) is 0 Å². The van der Waals surface area contributed by atoms with Crippen LogP contribution in [0.25, 0.3) is 5.69 Å². The van der Waals surface area contributed by atoms with Gasteiger partial charge < -0.3 is 9.87 Å². The Hall–Kier alpha value is -2.89. The molecule has 0 atom stereocenters. The van der Waals surface area contributed by atoms with Gasteiger partial charge in [0.1, 0.15) is 10.1 Å². The molecule has 1 amide bonds. The van der Waals surface area contributed by atoms with Crippen molar-refractivity contribution in [2.45, 2.75) is 4.90 Å². The lowest BCUT2D eigenvalue weighted by Crippen LogP contribution is -2.13. The maximum atomic E-state index is 12.3. The van der Waals surface area contributed by atoms with Crippen LogP contribution in [0.1, 0.15) is 10.4 Å². The zero-order chi connectivity index (χ0) is 18.0. The van der Waals surface area contributed by atoms with Crippen LogP contribution in [-0.4, -0.2) is 39.1 Å². The SMILES string of the molecule is O=C(Nc1cccc(-n2[nH]nnc2=S)c1)c1cccc(S(=O)(=O)[O-])c1. The molecule has 128 valence electrons. The number of rotatable bonds is 4. The fourth-order valence-electron chi connectivity index (χ4n) is 2.08. The van der Waals surface area contributed by atoms with E-state index in [1.807, 2.05) is 0 Å². The monoisotopic (exact) mass is 376 g/mol. The molecule has 3 rings (SSSR count). The molecule has 25 heavy (non-hydrogen) atoms. The summed E-state index contributed by atoms with van der Waals surface area (Å²) in [5, 5.41) is 12.5. The van der Waals surface area contributed by atoms with Crippen LogP contribution in [-0.2, 0) is 10.1 Å². The van der Waals surface area contributed by atoms with E-state index in [0.29, 0.717) is 11.4 Å². The van der Waals surface area contributed by atoms with Crippen LogP contribution < -0.4 is 5.32 Å². The molecule has 11 heteroatoms. The Morgan fingerprint density at radius 2 is 1.96 bits per heavy atom. The first-order valence-corrected chi connectivity index (χ1v) is 8.64. The molecular formula is C14H10N5O4S2-. The molecule has 1 aromatic heterocycles. The van der Waals surface area contributed by atoms with E-state index in [0.717, 1.165) is 12.1 Å². The van der Waals surface area contributed by atoms with Gasteiger partial charge in [0, 0.05) is 11.3 Å². The van der Waals surface area contributed by atoms with E-state index < -0.39 is 20.9 Å². The lowest BCUT2D eigenvalue weighted by atomic mass is 10.2. The highest BCUT2D eigenvalue weighted by Gasteiger charge is 2.10. The molecule has 0 radical (unpaired) electrons. The van der Waals surface area contributed by atoms with Crippen LogP contribution in [0.5, 0.6) is 0 Å². The van der Waals surface area contributed by atoms with Crippen LogP contribution in [0.4, 0.5) is 5.69 Å². The number of amides is 1. The summed E-state index contributed by atoms with van der Waals surface area (Å²) in [6, 6.07) is 11.6. The number of aromatic nitrogens is 4. The number of carbonyl (C=O) groups excluding carboxylic acids is 1. The third-order valence-corrected chi connectivity index (χ3v) is 4.31. The maximum Gasteiger partial charge on any atom is 0.255 e. The molecule has 0 saturated heterocycles. The van der Waals surface area contributed by atoms with Crippen molar-refractivity contribution in [3.8, 4) is 5.69 Å². The smallest absolute Gasteiger partial charge is 0.255 e. The Morgan fingerprint density at radius 1 is 1.20 bits per heavy atom. The highest BCUT2D eigenvalue weighted by molar-refractivity contribution is 7.85. The van der Waals surface area contributed by atoms with Crippen LogP contribution in [0.3, 0.4) is 0 Å². The van der Waals surface area contributed by atoms with Crippen molar-refractivity contribution < 1.29 is 17.8 Å². The van der Waals surface area contributed by atoms with Crippen molar-refractivity contribution in [2.75, 3.05) is 5.32 Å². The van der Waals surface area contributed by atoms with Gasteiger partial charge in [-0.05, 0) is 48.6 Å². The van der Waals surface area contributed by atoms with E-state index in [1.54, 1.807) is 24.3 Å².